The zero-order valence-electron chi connectivity index (χ0n) is 14.7. The Hall–Kier alpha value is -2.64. The minimum atomic E-state index is -1.37. The van der Waals surface area contributed by atoms with Crippen LogP contribution in [0.5, 0.6) is 0 Å². The number of hydrogen-bond donors (Lipinski definition) is 2. The molecule has 1 heterocycles. The number of alkyl carbamates (subject to hydrolysis) is 1. The second-order valence-electron chi connectivity index (χ2n) is 6.48. The highest BCUT2D eigenvalue weighted by molar-refractivity contribution is 5.92. The van der Waals surface area contributed by atoms with E-state index in [0.29, 0.717) is 25.1 Å². The lowest BCUT2D eigenvalue weighted by Gasteiger charge is -2.24. The maximum Gasteiger partial charge on any atom is 0.408 e. The first-order valence-electron chi connectivity index (χ1n) is 8.08. The molecule has 0 saturated heterocycles. The minimum Gasteiger partial charge on any atom is -0.548 e. The van der Waals surface area contributed by atoms with Gasteiger partial charge in [-0.2, -0.15) is 0 Å². The predicted octanol–water partition coefficient (Wildman–Crippen LogP) is 0.625. The van der Waals surface area contributed by atoms with Gasteiger partial charge in [0, 0.05) is 12.7 Å². The van der Waals surface area contributed by atoms with Gasteiger partial charge in [0.1, 0.15) is 11.3 Å². The molecule has 0 aromatic carbocycles. The number of nitrogens with zero attached hydrogens (tertiary/aromatic N) is 1. The molecule has 1 atom stereocenters. The Kier molecular flexibility index (Phi) is 7.84. The molecule has 0 spiro atoms. The molecule has 138 valence electrons. The molecule has 0 aliphatic heterocycles. The first-order valence-corrected chi connectivity index (χ1v) is 8.08. The van der Waals surface area contributed by atoms with Crippen molar-refractivity contribution >= 4 is 18.0 Å². The molecule has 25 heavy (non-hydrogen) atoms. The van der Waals surface area contributed by atoms with E-state index < -0.39 is 23.7 Å². The van der Waals surface area contributed by atoms with Gasteiger partial charge in [0.05, 0.1) is 12.0 Å². The van der Waals surface area contributed by atoms with Crippen molar-refractivity contribution < 1.29 is 24.2 Å². The normalized spacial score (nSPS) is 12.1. The minimum absolute atomic E-state index is 0.182. The molecule has 0 aliphatic rings. The molecule has 0 fully saturated rings. The molecule has 8 heteroatoms. The average molecular weight is 350 g/mol. The number of carbonyl (C=O) groups excluding carboxylic acids is 3. The van der Waals surface area contributed by atoms with Crippen molar-refractivity contribution in [2.24, 2.45) is 0 Å². The number of pyridine rings is 1. The van der Waals surface area contributed by atoms with Crippen LogP contribution in [-0.2, 0) is 9.53 Å². The zero-order valence-corrected chi connectivity index (χ0v) is 14.7. The summed E-state index contributed by atoms with van der Waals surface area (Å²) in [6, 6.07) is 3.90. The fraction of sp³-hybridized carbons (Fsp3) is 0.529. The molecule has 1 aromatic rings. The summed E-state index contributed by atoms with van der Waals surface area (Å²) < 4.78 is 5.02. The Morgan fingerprint density at radius 2 is 1.96 bits per heavy atom. The van der Waals surface area contributed by atoms with Gasteiger partial charge in [0.2, 0.25) is 0 Å². The van der Waals surface area contributed by atoms with E-state index >= 15 is 0 Å². The van der Waals surface area contributed by atoms with Crippen LogP contribution < -0.4 is 15.7 Å². The Labute approximate surface area is 147 Å². The number of carbonyl (C=O) groups is 3. The van der Waals surface area contributed by atoms with Crippen LogP contribution in [0.4, 0.5) is 4.79 Å². The van der Waals surface area contributed by atoms with Gasteiger partial charge in [-0.1, -0.05) is 6.07 Å². The molecule has 0 unspecified atom stereocenters. The van der Waals surface area contributed by atoms with Crippen molar-refractivity contribution in [3.8, 4) is 0 Å². The largest absolute Gasteiger partial charge is 0.548 e. The number of hydrogen-bond acceptors (Lipinski definition) is 6. The van der Waals surface area contributed by atoms with Crippen LogP contribution in [0.15, 0.2) is 24.4 Å². The van der Waals surface area contributed by atoms with Crippen LogP contribution in [0.25, 0.3) is 0 Å². The maximum absolute atomic E-state index is 11.8. The van der Waals surface area contributed by atoms with Crippen molar-refractivity contribution in [1.82, 2.24) is 15.6 Å². The molecular formula is C17H24N3O5-. The number of amides is 2. The van der Waals surface area contributed by atoms with Crippen LogP contribution >= 0.6 is 0 Å². The van der Waals surface area contributed by atoms with E-state index in [1.807, 2.05) is 0 Å². The number of unbranched alkanes of at least 4 members (excludes halogenated alkanes) is 1. The summed E-state index contributed by atoms with van der Waals surface area (Å²) in [5.74, 6) is -1.66. The van der Waals surface area contributed by atoms with Gasteiger partial charge in [0.15, 0.2) is 0 Å². The summed E-state index contributed by atoms with van der Waals surface area (Å²) in [6.07, 6.45) is 1.95. The number of nitrogens with one attached hydrogen (secondary N) is 2. The second-order valence-corrected chi connectivity index (χ2v) is 6.48. The van der Waals surface area contributed by atoms with Crippen LogP contribution in [-0.4, -0.2) is 41.1 Å². The summed E-state index contributed by atoms with van der Waals surface area (Å²) in [5, 5.41) is 16.1. The highest BCUT2D eigenvalue weighted by Gasteiger charge is 2.19. The Morgan fingerprint density at radius 3 is 2.52 bits per heavy atom. The van der Waals surface area contributed by atoms with E-state index in [0.717, 1.165) is 0 Å². The van der Waals surface area contributed by atoms with Crippen molar-refractivity contribution in [3.63, 3.8) is 0 Å². The van der Waals surface area contributed by atoms with E-state index in [1.165, 1.54) is 6.20 Å². The number of rotatable bonds is 8. The standard InChI is InChI=1S/C17H25N3O5/c1-17(2,3)25-16(24)20-13(15(22)23)9-5-7-11-19-14(21)12-8-4-6-10-18-12/h4,6,8,10,13H,5,7,9,11H2,1-3H3,(H,19,21)(H,20,24)(H,22,23)/p-1/t13-/m0/s1. The van der Waals surface area contributed by atoms with Gasteiger partial charge < -0.3 is 25.3 Å². The lowest BCUT2D eigenvalue weighted by Crippen LogP contribution is -2.49. The molecule has 2 N–H and O–H groups in total. The first-order chi connectivity index (χ1) is 11.7. The first kappa shape index (κ1) is 20.4. The monoisotopic (exact) mass is 350 g/mol. The van der Waals surface area contributed by atoms with Crippen LogP contribution in [0.2, 0.25) is 0 Å². The quantitative estimate of drug-likeness (QED) is 0.663. The number of aliphatic carboxylic acids is 1. The topological polar surface area (TPSA) is 120 Å². The number of carboxylic acid groups (broad SMARTS) is 1. The van der Waals surface area contributed by atoms with Crippen LogP contribution in [0, 0.1) is 0 Å². The van der Waals surface area contributed by atoms with Gasteiger partial charge in [0.25, 0.3) is 5.91 Å². The van der Waals surface area contributed by atoms with Crippen molar-refractivity contribution in [3.05, 3.63) is 30.1 Å². The van der Waals surface area contributed by atoms with Crippen molar-refractivity contribution in [2.45, 2.75) is 51.7 Å². The van der Waals surface area contributed by atoms with Crippen molar-refractivity contribution in [1.29, 1.82) is 0 Å². The van der Waals surface area contributed by atoms with E-state index in [4.69, 9.17) is 4.74 Å². The summed E-state index contributed by atoms with van der Waals surface area (Å²) in [7, 11) is 0. The second kappa shape index (κ2) is 9.61. The summed E-state index contributed by atoms with van der Waals surface area (Å²) >= 11 is 0. The molecule has 0 radical (unpaired) electrons. The highest BCUT2D eigenvalue weighted by atomic mass is 16.6. The summed E-state index contributed by atoms with van der Waals surface area (Å²) in [5.41, 5.74) is -0.391. The molecule has 1 rings (SSSR count). The van der Waals surface area contributed by atoms with Crippen molar-refractivity contribution in [2.75, 3.05) is 6.54 Å². The third-order valence-corrected chi connectivity index (χ3v) is 3.08. The third-order valence-electron chi connectivity index (χ3n) is 3.08. The number of ether oxygens (including phenoxy) is 1. The molecule has 0 aliphatic carbocycles. The highest BCUT2D eigenvalue weighted by Crippen LogP contribution is 2.08. The fourth-order valence-electron chi connectivity index (χ4n) is 1.96. The van der Waals surface area contributed by atoms with Gasteiger partial charge >= 0.3 is 6.09 Å². The lowest BCUT2D eigenvalue weighted by molar-refractivity contribution is -0.308. The van der Waals surface area contributed by atoms with Gasteiger partial charge in [-0.25, -0.2) is 4.79 Å². The molecule has 2 amide bonds. The molecule has 8 nitrogen and oxygen atoms in total. The summed E-state index contributed by atoms with van der Waals surface area (Å²) in [6.45, 7) is 5.43. The fourth-order valence-corrected chi connectivity index (χ4v) is 1.96. The van der Waals surface area contributed by atoms with Gasteiger partial charge in [-0.3, -0.25) is 9.78 Å². The van der Waals surface area contributed by atoms with E-state index in [2.05, 4.69) is 15.6 Å². The lowest BCUT2D eigenvalue weighted by atomic mass is 10.1. The Bertz CT molecular complexity index is 584. The Morgan fingerprint density at radius 1 is 1.24 bits per heavy atom. The molecule has 1 aromatic heterocycles. The zero-order chi connectivity index (χ0) is 18.9. The van der Waals surface area contributed by atoms with Crippen LogP contribution in [0.3, 0.4) is 0 Å². The number of carboxylic acids is 1. The Balaban J connectivity index is 2.30. The number of aromatic nitrogens is 1. The van der Waals surface area contributed by atoms with E-state index in [1.54, 1.807) is 39.0 Å². The molecular weight excluding hydrogens is 326 g/mol. The van der Waals surface area contributed by atoms with Crippen LogP contribution in [0.1, 0.15) is 50.5 Å². The predicted molar refractivity (Wildman–Crippen MR) is 88.6 cm³/mol. The van der Waals surface area contributed by atoms with E-state index in [-0.39, 0.29) is 12.3 Å². The van der Waals surface area contributed by atoms with E-state index in [9.17, 15) is 19.5 Å². The third kappa shape index (κ3) is 8.69. The van der Waals surface area contributed by atoms with Gasteiger partial charge in [-0.05, 0) is 52.2 Å². The maximum atomic E-state index is 11.8. The SMILES string of the molecule is CC(C)(C)OC(=O)N[C@@H](CCCCNC(=O)c1ccccn1)C(=O)[O-]. The van der Waals surface area contributed by atoms with Gasteiger partial charge in [-0.15, -0.1) is 0 Å². The smallest absolute Gasteiger partial charge is 0.408 e. The summed E-state index contributed by atoms with van der Waals surface area (Å²) in [4.78, 5) is 38.4. The average Bonchev–Trinajstić information content (AvgIpc) is 2.52. The molecule has 0 saturated carbocycles. The molecule has 0 bridgehead atoms.